The number of aliphatic hydroxyl groups is 1. The number of aromatic nitrogens is 3. The van der Waals surface area contributed by atoms with Gasteiger partial charge in [-0.1, -0.05) is 51.1 Å². The summed E-state index contributed by atoms with van der Waals surface area (Å²) in [6.45, 7) is 9.25. The zero-order chi connectivity index (χ0) is 20.2. The van der Waals surface area contributed by atoms with Crippen molar-refractivity contribution >= 4 is 0 Å². The lowest BCUT2D eigenvalue weighted by Crippen LogP contribution is -2.42. The van der Waals surface area contributed by atoms with Gasteiger partial charge in [0.2, 0.25) is 0 Å². The van der Waals surface area contributed by atoms with Crippen LogP contribution >= 0.6 is 0 Å². The third-order valence-corrected chi connectivity index (χ3v) is 4.96. The molecule has 0 radical (unpaired) electrons. The Morgan fingerprint density at radius 1 is 0.893 bits per heavy atom. The van der Waals surface area contributed by atoms with Crippen molar-refractivity contribution in [3.05, 3.63) is 78.1 Å². The minimum Gasteiger partial charge on any atom is -0.378 e. The molecule has 146 valence electrons. The summed E-state index contributed by atoms with van der Waals surface area (Å²) in [4.78, 5) is 12.8. The molecule has 0 amide bonds. The van der Waals surface area contributed by atoms with Crippen LogP contribution < -0.4 is 0 Å². The number of hydrogen-bond donors (Lipinski definition) is 1. The van der Waals surface area contributed by atoms with Gasteiger partial charge in [-0.05, 0) is 24.1 Å². The monoisotopic (exact) mass is 377 g/mol. The highest BCUT2D eigenvalue weighted by atomic mass is 16.5. The summed E-state index contributed by atoms with van der Waals surface area (Å²) in [6.07, 6.45) is 6.54. The fourth-order valence-corrected chi connectivity index (χ4v) is 3.24. The molecule has 5 nitrogen and oxygen atoms in total. The quantitative estimate of drug-likeness (QED) is 0.691. The van der Waals surface area contributed by atoms with Crippen LogP contribution in [0.3, 0.4) is 0 Å². The van der Waals surface area contributed by atoms with E-state index in [1.165, 1.54) is 6.33 Å². The van der Waals surface area contributed by atoms with Crippen LogP contribution in [0, 0.1) is 5.41 Å². The van der Waals surface area contributed by atoms with Crippen LogP contribution in [0.25, 0.3) is 11.1 Å². The largest absolute Gasteiger partial charge is 0.378 e. The van der Waals surface area contributed by atoms with Gasteiger partial charge in [0.15, 0.2) is 0 Å². The Kier molecular flexibility index (Phi) is 5.87. The minimum atomic E-state index is -1.30. The van der Waals surface area contributed by atoms with Gasteiger partial charge in [0.25, 0.3) is 0 Å². The third-order valence-electron chi connectivity index (χ3n) is 4.96. The third kappa shape index (κ3) is 3.96. The molecule has 0 spiro atoms. The van der Waals surface area contributed by atoms with Crippen molar-refractivity contribution in [2.45, 2.75) is 39.9 Å². The van der Waals surface area contributed by atoms with E-state index in [1.54, 1.807) is 18.6 Å². The van der Waals surface area contributed by atoms with Crippen LogP contribution in [0.4, 0.5) is 0 Å². The molecule has 1 atom stereocenters. The SMILES string of the molecule is CCOCc1ccc(-c2ccc(C(O)(c3cncnc3)C(C)(C)C)nc2)cc1. The molecule has 1 N–H and O–H groups in total. The molecule has 0 saturated carbocycles. The summed E-state index contributed by atoms with van der Waals surface area (Å²) in [6, 6.07) is 12.1. The number of pyridine rings is 1. The van der Waals surface area contributed by atoms with E-state index in [2.05, 4.69) is 39.2 Å². The Morgan fingerprint density at radius 3 is 2.07 bits per heavy atom. The highest BCUT2D eigenvalue weighted by molar-refractivity contribution is 5.63. The zero-order valence-electron chi connectivity index (χ0n) is 16.9. The lowest BCUT2D eigenvalue weighted by atomic mass is 9.70. The van der Waals surface area contributed by atoms with Gasteiger partial charge in [-0.3, -0.25) is 4.98 Å². The summed E-state index contributed by atoms with van der Waals surface area (Å²) >= 11 is 0. The predicted molar refractivity (Wildman–Crippen MR) is 109 cm³/mol. The molecule has 28 heavy (non-hydrogen) atoms. The van der Waals surface area contributed by atoms with Gasteiger partial charge in [-0.2, -0.15) is 0 Å². The molecular weight excluding hydrogens is 350 g/mol. The summed E-state index contributed by atoms with van der Waals surface area (Å²) in [5.74, 6) is 0. The minimum absolute atomic E-state index is 0.493. The molecule has 1 aromatic carbocycles. The van der Waals surface area contributed by atoms with E-state index in [4.69, 9.17) is 4.74 Å². The molecule has 0 fully saturated rings. The average molecular weight is 377 g/mol. The van der Waals surface area contributed by atoms with Gasteiger partial charge >= 0.3 is 0 Å². The lowest BCUT2D eigenvalue weighted by Gasteiger charge is -2.39. The summed E-state index contributed by atoms with van der Waals surface area (Å²) < 4.78 is 5.44. The first-order valence-electron chi connectivity index (χ1n) is 9.47. The van der Waals surface area contributed by atoms with Crippen molar-refractivity contribution in [3.63, 3.8) is 0 Å². The number of hydrogen-bond acceptors (Lipinski definition) is 5. The van der Waals surface area contributed by atoms with Crippen molar-refractivity contribution in [2.75, 3.05) is 6.61 Å². The summed E-state index contributed by atoms with van der Waals surface area (Å²) in [7, 11) is 0. The summed E-state index contributed by atoms with van der Waals surface area (Å²) in [5, 5.41) is 11.6. The van der Waals surface area contributed by atoms with Gasteiger partial charge in [-0.25, -0.2) is 9.97 Å². The highest BCUT2D eigenvalue weighted by Gasteiger charge is 2.45. The first kappa shape index (κ1) is 20.1. The second-order valence-electron chi connectivity index (χ2n) is 7.85. The van der Waals surface area contributed by atoms with Crippen LogP contribution in [0.15, 0.2) is 61.3 Å². The molecule has 0 bridgehead atoms. The van der Waals surface area contributed by atoms with Crippen molar-refractivity contribution in [1.82, 2.24) is 15.0 Å². The first-order valence-corrected chi connectivity index (χ1v) is 9.47. The van der Waals surface area contributed by atoms with E-state index in [-0.39, 0.29) is 0 Å². The molecule has 0 aliphatic carbocycles. The number of ether oxygens (including phenoxy) is 1. The fraction of sp³-hybridized carbons (Fsp3) is 0.348. The lowest BCUT2D eigenvalue weighted by molar-refractivity contribution is -0.0301. The number of nitrogens with zero attached hydrogens (tertiary/aromatic N) is 3. The van der Waals surface area contributed by atoms with Crippen molar-refractivity contribution in [2.24, 2.45) is 5.41 Å². The maximum atomic E-state index is 11.6. The molecule has 0 aliphatic heterocycles. The topological polar surface area (TPSA) is 68.1 Å². The fourth-order valence-electron chi connectivity index (χ4n) is 3.24. The molecular formula is C23H27N3O2. The standard InChI is InChI=1S/C23H27N3O2/c1-5-28-15-17-6-8-18(9-7-17)19-10-11-21(26-12-19)23(27,22(2,3)4)20-13-24-16-25-14-20/h6-14,16,27H,5,15H2,1-4H3. The zero-order valence-corrected chi connectivity index (χ0v) is 16.9. The molecule has 3 rings (SSSR count). The van der Waals surface area contributed by atoms with E-state index < -0.39 is 11.0 Å². The highest BCUT2D eigenvalue weighted by Crippen LogP contribution is 2.43. The second kappa shape index (κ2) is 8.17. The van der Waals surface area contributed by atoms with Crippen LogP contribution in [-0.2, 0) is 16.9 Å². The van der Waals surface area contributed by atoms with E-state index in [1.807, 2.05) is 39.8 Å². The molecule has 2 heterocycles. The average Bonchev–Trinajstić information content (AvgIpc) is 2.72. The van der Waals surface area contributed by atoms with Crippen LogP contribution in [0.5, 0.6) is 0 Å². The Hall–Kier alpha value is -2.63. The van der Waals surface area contributed by atoms with Gasteiger partial charge in [0.1, 0.15) is 11.9 Å². The van der Waals surface area contributed by atoms with Gasteiger partial charge in [-0.15, -0.1) is 0 Å². The molecule has 3 aromatic rings. The molecule has 2 aromatic heterocycles. The Balaban J connectivity index is 1.92. The number of benzene rings is 1. The van der Waals surface area contributed by atoms with Crippen LogP contribution in [-0.4, -0.2) is 26.7 Å². The molecule has 1 unspecified atom stereocenters. The smallest absolute Gasteiger partial charge is 0.139 e. The number of rotatable bonds is 6. The molecule has 5 heteroatoms. The van der Waals surface area contributed by atoms with E-state index in [0.29, 0.717) is 24.5 Å². The maximum absolute atomic E-state index is 11.6. The van der Waals surface area contributed by atoms with Gasteiger partial charge in [0.05, 0.1) is 12.3 Å². The Bertz CT molecular complexity index is 888. The Morgan fingerprint density at radius 2 is 1.54 bits per heavy atom. The second-order valence-corrected chi connectivity index (χ2v) is 7.85. The predicted octanol–water partition coefficient (Wildman–Crippen LogP) is 4.36. The maximum Gasteiger partial charge on any atom is 0.139 e. The summed E-state index contributed by atoms with van der Waals surface area (Å²) in [5.41, 5.74) is 2.62. The first-order chi connectivity index (χ1) is 13.4. The van der Waals surface area contributed by atoms with Crippen molar-refractivity contribution < 1.29 is 9.84 Å². The van der Waals surface area contributed by atoms with Crippen molar-refractivity contribution in [1.29, 1.82) is 0 Å². The van der Waals surface area contributed by atoms with Crippen molar-refractivity contribution in [3.8, 4) is 11.1 Å². The van der Waals surface area contributed by atoms with Gasteiger partial charge < -0.3 is 9.84 Å². The Labute approximate surface area is 166 Å². The van der Waals surface area contributed by atoms with E-state index in [0.717, 1.165) is 16.7 Å². The van der Waals surface area contributed by atoms with E-state index >= 15 is 0 Å². The van der Waals surface area contributed by atoms with E-state index in [9.17, 15) is 5.11 Å². The van der Waals surface area contributed by atoms with Gasteiger partial charge in [0, 0.05) is 41.7 Å². The molecule has 0 aliphatic rings. The normalized spacial score (nSPS) is 13.9. The van der Waals surface area contributed by atoms with Crippen LogP contribution in [0.1, 0.15) is 44.5 Å². The van der Waals surface area contributed by atoms with Crippen LogP contribution in [0.2, 0.25) is 0 Å². The molecule has 0 saturated heterocycles.